The van der Waals surface area contributed by atoms with Gasteiger partial charge in [-0.1, -0.05) is 6.58 Å². The maximum atomic E-state index is 5.63. The van der Waals surface area contributed by atoms with E-state index in [9.17, 15) is 0 Å². The first-order valence-corrected chi connectivity index (χ1v) is 4.13. The zero-order valence-corrected chi connectivity index (χ0v) is 7.40. The number of aryl methyl sites for hydroxylation is 1. The highest BCUT2D eigenvalue weighted by Crippen LogP contribution is 2.02. The Morgan fingerprint density at radius 2 is 2.58 bits per heavy atom. The van der Waals surface area contributed by atoms with Crippen LogP contribution in [-0.4, -0.2) is 15.8 Å². The molecule has 0 saturated heterocycles. The van der Waals surface area contributed by atoms with Gasteiger partial charge in [-0.05, 0) is 25.3 Å². The van der Waals surface area contributed by atoms with E-state index >= 15 is 0 Å². The smallest absolute Gasteiger partial charge is 0.0525 e. The molecule has 3 nitrogen and oxygen atoms in total. The number of nitrogens with two attached hydrogens (primary N) is 1. The molecule has 0 bridgehead atoms. The second kappa shape index (κ2) is 4.07. The zero-order valence-electron chi connectivity index (χ0n) is 7.40. The summed E-state index contributed by atoms with van der Waals surface area (Å²) in [5.74, 6) is 0. The Labute approximate surface area is 72.9 Å². The highest BCUT2D eigenvalue weighted by Gasteiger charge is 1.98. The van der Waals surface area contributed by atoms with E-state index in [1.165, 1.54) is 5.56 Å². The van der Waals surface area contributed by atoms with Crippen LogP contribution in [0.2, 0.25) is 0 Å². The molecule has 1 heterocycles. The Morgan fingerprint density at radius 1 is 1.83 bits per heavy atom. The number of hydrogen-bond donors (Lipinski definition) is 1. The molecule has 0 aromatic carbocycles. The number of aromatic nitrogens is 2. The summed E-state index contributed by atoms with van der Waals surface area (Å²) < 4.78 is 1.70. The Morgan fingerprint density at radius 3 is 3.08 bits per heavy atom. The summed E-state index contributed by atoms with van der Waals surface area (Å²) in [4.78, 5) is 0. The molecular formula is C9H15N3. The number of nitrogens with zero attached hydrogens (tertiary/aromatic N) is 2. The lowest BCUT2D eigenvalue weighted by atomic mass is 10.1. The molecule has 0 saturated carbocycles. The summed E-state index contributed by atoms with van der Waals surface area (Å²) in [7, 11) is 0. The van der Waals surface area contributed by atoms with Gasteiger partial charge in [-0.25, -0.2) is 4.68 Å². The summed E-state index contributed by atoms with van der Waals surface area (Å²) in [5, 5.41) is 4.07. The van der Waals surface area contributed by atoms with Crippen LogP contribution in [0.5, 0.6) is 0 Å². The Balaban J connectivity index is 2.47. The van der Waals surface area contributed by atoms with E-state index in [2.05, 4.69) is 11.7 Å². The monoisotopic (exact) mass is 165 g/mol. The van der Waals surface area contributed by atoms with Crippen LogP contribution in [0.15, 0.2) is 19.0 Å². The zero-order chi connectivity index (χ0) is 8.97. The molecule has 0 aliphatic heterocycles. The quantitative estimate of drug-likeness (QED) is 0.730. The summed E-state index contributed by atoms with van der Waals surface area (Å²) in [5.41, 5.74) is 6.85. The van der Waals surface area contributed by atoms with E-state index in [-0.39, 0.29) is 6.04 Å². The molecule has 1 unspecified atom stereocenters. The minimum absolute atomic E-state index is 0.261. The SMILES string of the molecule is C=Cn1cc(CCC(C)N)cn1. The summed E-state index contributed by atoms with van der Waals surface area (Å²) in [6.07, 6.45) is 7.49. The molecule has 0 radical (unpaired) electrons. The van der Waals surface area contributed by atoms with E-state index in [0.29, 0.717) is 0 Å². The van der Waals surface area contributed by atoms with Crippen molar-refractivity contribution >= 4 is 6.20 Å². The molecule has 2 N–H and O–H groups in total. The summed E-state index contributed by atoms with van der Waals surface area (Å²) in [6, 6.07) is 0.261. The molecule has 0 aliphatic rings. The van der Waals surface area contributed by atoms with Crippen LogP contribution >= 0.6 is 0 Å². The van der Waals surface area contributed by atoms with E-state index < -0.39 is 0 Å². The van der Waals surface area contributed by atoms with Gasteiger partial charge in [0, 0.05) is 18.4 Å². The molecule has 0 fully saturated rings. The van der Waals surface area contributed by atoms with Crippen LogP contribution in [0.25, 0.3) is 6.20 Å². The number of hydrogen-bond acceptors (Lipinski definition) is 2. The fourth-order valence-corrected chi connectivity index (χ4v) is 1.00. The third-order valence-corrected chi connectivity index (χ3v) is 1.73. The number of rotatable bonds is 4. The second-order valence-corrected chi connectivity index (χ2v) is 3.03. The Kier molecular flexibility index (Phi) is 3.05. The molecule has 12 heavy (non-hydrogen) atoms. The van der Waals surface area contributed by atoms with Crippen LogP contribution in [0.4, 0.5) is 0 Å². The van der Waals surface area contributed by atoms with Crippen molar-refractivity contribution in [3.8, 4) is 0 Å². The van der Waals surface area contributed by atoms with Crippen molar-refractivity contribution in [3.63, 3.8) is 0 Å². The van der Waals surface area contributed by atoms with E-state index in [4.69, 9.17) is 5.73 Å². The third kappa shape index (κ3) is 2.51. The van der Waals surface area contributed by atoms with Crippen molar-refractivity contribution < 1.29 is 0 Å². The third-order valence-electron chi connectivity index (χ3n) is 1.73. The molecular weight excluding hydrogens is 150 g/mol. The minimum Gasteiger partial charge on any atom is -0.328 e. The van der Waals surface area contributed by atoms with Crippen molar-refractivity contribution in [2.24, 2.45) is 5.73 Å². The fourth-order valence-electron chi connectivity index (χ4n) is 1.00. The molecule has 1 atom stereocenters. The molecule has 1 rings (SSSR count). The Bertz CT molecular complexity index is 250. The maximum Gasteiger partial charge on any atom is 0.0525 e. The largest absolute Gasteiger partial charge is 0.328 e. The fraction of sp³-hybridized carbons (Fsp3) is 0.444. The van der Waals surface area contributed by atoms with Crippen molar-refractivity contribution in [3.05, 3.63) is 24.5 Å². The molecule has 0 spiro atoms. The van der Waals surface area contributed by atoms with Gasteiger partial charge in [-0.2, -0.15) is 5.10 Å². The van der Waals surface area contributed by atoms with Gasteiger partial charge in [-0.3, -0.25) is 0 Å². The summed E-state index contributed by atoms with van der Waals surface area (Å²) in [6.45, 7) is 5.63. The average molecular weight is 165 g/mol. The van der Waals surface area contributed by atoms with Crippen molar-refractivity contribution in [2.45, 2.75) is 25.8 Å². The van der Waals surface area contributed by atoms with E-state index in [0.717, 1.165) is 12.8 Å². The van der Waals surface area contributed by atoms with Crippen molar-refractivity contribution in [2.75, 3.05) is 0 Å². The molecule has 1 aromatic heterocycles. The average Bonchev–Trinajstić information content (AvgIpc) is 2.48. The van der Waals surface area contributed by atoms with E-state index in [1.807, 2.05) is 19.3 Å². The first kappa shape index (κ1) is 9.00. The predicted octanol–water partition coefficient (Wildman–Crippen LogP) is 1.26. The van der Waals surface area contributed by atoms with Gasteiger partial charge in [-0.15, -0.1) is 0 Å². The molecule has 3 heteroatoms. The van der Waals surface area contributed by atoms with Gasteiger partial charge in [0.25, 0.3) is 0 Å². The van der Waals surface area contributed by atoms with Gasteiger partial charge in [0.15, 0.2) is 0 Å². The first-order valence-electron chi connectivity index (χ1n) is 4.13. The normalized spacial score (nSPS) is 12.8. The molecule has 1 aromatic rings. The highest BCUT2D eigenvalue weighted by atomic mass is 15.2. The second-order valence-electron chi connectivity index (χ2n) is 3.03. The van der Waals surface area contributed by atoms with Crippen molar-refractivity contribution in [1.82, 2.24) is 9.78 Å². The van der Waals surface area contributed by atoms with Crippen LogP contribution in [0.1, 0.15) is 18.9 Å². The molecule has 0 amide bonds. The van der Waals surface area contributed by atoms with Crippen LogP contribution < -0.4 is 5.73 Å². The van der Waals surface area contributed by atoms with E-state index in [1.54, 1.807) is 10.9 Å². The lowest BCUT2D eigenvalue weighted by molar-refractivity contribution is 0.666. The summed E-state index contributed by atoms with van der Waals surface area (Å²) >= 11 is 0. The van der Waals surface area contributed by atoms with Gasteiger partial charge in [0.2, 0.25) is 0 Å². The molecule has 0 aliphatic carbocycles. The standard InChI is InChI=1S/C9H15N3/c1-3-12-7-9(6-11-12)5-4-8(2)10/h3,6-8H,1,4-5,10H2,2H3. The van der Waals surface area contributed by atoms with Gasteiger partial charge >= 0.3 is 0 Å². The topological polar surface area (TPSA) is 43.8 Å². The van der Waals surface area contributed by atoms with Crippen molar-refractivity contribution in [1.29, 1.82) is 0 Å². The van der Waals surface area contributed by atoms with Crippen LogP contribution in [0, 0.1) is 0 Å². The Hall–Kier alpha value is -1.09. The van der Waals surface area contributed by atoms with Crippen LogP contribution in [0.3, 0.4) is 0 Å². The highest BCUT2D eigenvalue weighted by molar-refractivity contribution is 5.17. The minimum atomic E-state index is 0.261. The lowest BCUT2D eigenvalue weighted by Gasteiger charge is -2.00. The van der Waals surface area contributed by atoms with Gasteiger partial charge in [0.1, 0.15) is 0 Å². The first-order chi connectivity index (χ1) is 5.72. The molecule has 66 valence electrons. The predicted molar refractivity (Wildman–Crippen MR) is 50.6 cm³/mol. The van der Waals surface area contributed by atoms with Gasteiger partial charge in [0.05, 0.1) is 6.20 Å². The van der Waals surface area contributed by atoms with Crippen LogP contribution in [-0.2, 0) is 6.42 Å². The lowest BCUT2D eigenvalue weighted by Crippen LogP contribution is -2.15. The van der Waals surface area contributed by atoms with Gasteiger partial charge < -0.3 is 5.73 Å². The maximum absolute atomic E-state index is 5.63.